The minimum Gasteiger partial charge on any atom is -0.333 e. The zero-order valence-corrected chi connectivity index (χ0v) is 14.3. The lowest BCUT2D eigenvalue weighted by Crippen LogP contribution is -2.53. The Balaban J connectivity index is 1.45. The van der Waals surface area contributed by atoms with Crippen molar-refractivity contribution in [3.8, 4) is 0 Å². The molecular weight excluding hydrogens is 284 g/mol. The first-order valence-electron chi connectivity index (χ1n) is 9.23. The van der Waals surface area contributed by atoms with E-state index in [0.29, 0.717) is 5.91 Å². The first-order valence-corrected chi connectivity index (χ1v) is 9.23. The van der Waals surface area contributed by atoms with E-state index in [-0.39, 0.29) is 5.54 Å². The lowest BCUT2D eigenvalue weighted by atomic mass is 9.84. The largest absolute Gasteiger partial charge is 0.333 e. The van der Waals surface area contributed by atoms with Crippen LogP contribution in [0, 0.1) is 12.8 Å². The van der Waals surface area contributed by atoms with Gasteiger partial charge in [-0.25, -0.2) is 0 Å². The van der Waals surface area contributed by atoms with E-state index in [0.717, 1.165) is 38.1 Å². The predicted octanol–water partition coefficient (Wildman–Crippen LogP) is 3.36. The van der Waals surface area contributed by atoms with Crippen molar-refractivity contribution >= 4 is 5.91 Å². The van der Waals surface area contributed by atoms with Gasteiger partial charge in [-0.2, -0.15) is 0 Å². The maximum Gasteiger partial charge on any atom is 0.223 e. The third-order valence-electron chi connectivity index (χ3n) is 6.10. The van der Waals surface area contributed by atoms with Crippen LogP contribution in [0.2, 0.25) is 0 Å². The van der Waals surface area contributed by atoms with Gasteiger partial charge in [-0.05, 0) is 50.5 Å². The van der Waals surface area contributed by atoms with Crippen molar-refractivity contribution in [2.75, 3.05) is 19.6 Å². The van der Waals surface area contributed by atoms with Crippen molar-refractivity contribution in [3.63, 3.8) is 0 Å². The second-order valence-corrected chi connectivity index (χ2v) is 7.94. The molecule has 0 aromatic heterocycles. The Morgan fingerprint density at radius 2 is 1.96 bits per heavy atom. The molecule has 0 radical (unpaired) electrons. The Labute approximate surface area is 139 Å². The van der Waals surface area contributed by atoms with Crippen molar-refractivity contribution in [3.05, 3.63) is 35.4 Å². The van der Waals surface area contributed by atoms with Crippen LogP contribution in [0.1, 0.15) is 49.7 Å². The van der Waals surface area contributed by atoms with E-state index < -0.39 is 0 Å². The number of piperidine rings is 1. The molecule has 0 unspecified atom stereocenters. The normalized spacial score (nSPS) is 24.6. The van der Waals surface area contributed by atoms with E-state index in [4.69, 9.17) is 0 Å². The molecule has 3 nitrogen and oxygen atoms in total. The van der Waals surface area contributed by atoms with Crippen LogP contribution in [0.25, 0.3) is 0 Å². The first kappa shape index (κ1) is 15.2. The van der Waals surface area contributed by atoms with Gasteiger partial charge in [0.1, 0.15) is 0 Å². The van der Waals surface area contributed by atoms with Crippen LogP contribution < -0.4 is 0 Å². The molecule has 2 heterocycles. The van der Waals surface area contributed by atoms with E-state index in [1.165, 1.54) is 43.6 Å². The SMILES string of the molecule is Cc1cccc(CN2C(=O)CCC23CCN(CC2CC2)CC3)c1. The molecule has 2 aliphatic heterocycles. The molecule has 0 bridgehead atoms. The molecule has 0 N–H and O–H groups in total. The molecule has 1 amide bonds. The molecule has 1 aliphatic carbocycles. The summed E-state index contributed by atoms with van der Waals surface area (Å²) in [5.74, 6) is 1.33. The van der Waals surface area contributed by atoms with Crippen LogP contribution in [-0.4, -0.2) is 40.9 Å². The second kappa shape index (κ2) is 5.94. The van der Waals surface area contributed by atoms with Gasteiger partial charge in [-0.1, -0.05) is 29.8 Å². The molecule has 3 heteroatoms. The summed E-state index contributed by atoms with van der Waals surface area (Å²) in [5.41, 5.74) is 2.70. The van der Waals surface area contributed by atoms with Crippen LogP contribution in [-0.2, 0) is 11.3 Å². The number of hydrogen-bond acceptors (Lipinski definition) is 2. The molecule has 23 heavy (non-hydrogen) atoms. The zero-order valence-electron chi connectivity index (χ0n) is 14.3. The van der Waals surface area contributed by atoms with Gasteiger partial charge < -0.3 is 9.80 Å². The summed E-state index contributed by atoms with van der Waals surface area (Å²) in [5, 5.41) is 0. The predicted molar refractivity (Wildman–Crippen MR) is 92.1 cm³/mol. The Hall–Kier alpha value is -1.35. The number of carbonyl (C=O) groups is 1. The molecule has 1 spiro atoms. The van der Waals surface area contributed by atoms with Crippen LogP contribution >= 0.6 is 0 Å². The molecule has 3 aliphatic rings. The van der Waals surface area contributed by atoms with Crippen molar-refractivity contribution in [1.29, 1.82) is 0 Å². The number of nitrogens with zero attached hydrogens (tertiary/aromatic N) is 2. The van der Waals surface area contributed by atoms with E-state index in [2.05, 4.69) is 41.0 Å². The number of carbonyl (C=O) groups excluding carboxylic acids is 1. The third kappa shape index (κ3) is 3.16. The molecule has 1 saturated carbocycles. The van der Waals surface area contributed by atoms with Crippen LogP contribution in [0.5, 0.6) is 0 Å². The van der Waals surface area contributed by atoms with Crippen molar-refractivity contribution < 1.29 is 4.79 Å². The lowest BCUT2D eigenvalue weighted by molar-refractivity contribution is -0.133. The zero-order chi connectivity index (χ0) is 15.9. The first-order chi connectivity index (χ1) is 11.1. The average molecular weight is 312 g/mol. The Morgan fingerprint density at radius 1 is 1.17 bits per heavy atom. The van der Waals surface area contributed by atoms with Crippen LogP contribution in [0.15, 0.2) is 24.3 Å². The fourth-order valence-corrected chi connectivity index (χ4v) is 4.46. The fourth-order valence-electron chi connectivity index (χ4n) is 4.46. The van der Waals surface area contributed by atoms with Gasteiger partial charge in [0.2, 0.25) is 5.91 Å². The maximum absolute atomic E-state index is 12.5. The molecule has 2 saturated heterocycles. The highest BCUT2D eigenvalue weighted by atomic mass is 16.2. The smallest absolute Gasteiger partial charge is 0.223 e. The quantitative estimate of drug-likeness (QED) is 0.851. The lowest BCUT2D eigenvalue weighted by Gasteiger charge is -2.45. The topological polar surface area (TPSA) is 23.6 Å². The Morgan fingerprint density at radius 3 is 2.65 bits per heavy atom. The summed E-state index contributed by atoms with van der Waals surface area (Å²) in [6.07, 6.45) is 7.00. The number of rotatable bonds is 4. The van der Waals surface area contributed by atoms with Gasteiger partial charge in [-0.3, -0.25) is 4.79 Å². The maximum atomic E-state index is 12.5. The summed E-state index contributed by atoms with van der Waals surface area (Å²) in [6.45, 7) is 6.56. The van der Waals surface area contributed by atoms with Gasteiger partial charge in [0.05, 0.1) is 0 Å². The molecule has 124 valence electrons. The molecule has 4 rings (SSSR count). The van der Waals surface area contributed by atoms with Gasteiger partial charge in [0.15, 0.2) is 0 Å². The summed E-state index contributed by atoms with van der Waals surface area (Å²) in [7, 11) is 0. The summed E-state index contributed by atoms with van der Waals surface area (Å²) in [4.78, 5) is 17.4. The number of aryl methyl sites for hydroxylation is 1. The minimum absolute atomic E-state index is 0.140. The van der Waals surface area contributed by atoms with Gasteiger partial charge >= 0.3 is 0 Å². The highest BCUT2D eigenvalue weighted by Gasteiger charge is 2.46. The van der Waals surface area contributed by atoms with Crippen molar-refractivity contribution in [1.82, 2.24) is 9.80 Å². The van der Waals surface area contributed by atoms with E-state index in [1.54, 1.807) is 0 Å². The van der Waals surface area contributed by atoms with Crippen molar-refractivity contribution in [2.24, 2.45) is 5.92 Å². The molecule has 1 aromatic carbocycles. The fraction of sp³-hybridized carbons (Fsp3) is 0.650. The summed E-state index contributed by atoms with van der Waals surface area (Å²) < 4.78 is 0. The molecule has 0 atom stereocenters. The van der Waals surface area contributed by atoms with E-state index in [1.807, 2.05) is 0 Å². The Kier molecular flexibility index (Phi) is 3.92. The third-order valence-corrected chi connectivity index (χ3v) is 6.10. The summed E-state index contributed by atoms with van der Waals surface area (Å²) in [6, 6.07) is 8.62. The number of benzene rings is 1. The number of likely N-dealkylation sites (tertiary alicyclic amines) is 2. The molecule has 1 aromatic rings. The summed E-state index contributed by atoms with van der Waals surface area (Å²) >= 11 is 0. The van der Waals surface area contributed by atoms with Crippen LogP contribution in [0.4, 0.5) is 0 Å². The number of hydrogen-bond donors (Lipinski definition) is 0. The van der Waals surface area contributed by atoms with Gasteiger partial charge in [0.25, 0.3) is 0 Å². The standard InChI is InChI=1S/C20H28N2O/c1-16-3-2-4-18(13-16)15-22-19(23)7-8-20(22)9-11-21(12-10-20)14-17-5-6-17/h2-4,13,17H,5-12,14-15H2,1H3. The van der Waals surface area contributed by atoms with Gasteiger partial charge in [-0.15, -0.1) is 0 Å². The second-order valence-electron chi connectivity index (χ2n) is 7.94. The number of amides is 1. The minimum atomic E-state index is 0.140. The highest BCUT2D eigenvalue weighted by Crippen LogP contribution is 2.41. The monoisotopic (exact) mass is 312 g/mol. The van der Waals surface area contributed by atoms with Gasteiger partial charge in [0, 0.05) is 38.1 Å². The Bertz CT molecular complexity index is 585. The highest BCUT2D eigenvalue weighted by molar-refractivity contribution is 5.79. The van der Waals surface area contributed by atoms with Crippen LogP contribution in [0.3, 0.4) is 0 Å². The molecular formula is C20H28N2O. The average Bonchev–Trinajstić information content (AvgIpc) is 3.31. The molecule has 3 fully saturated rings. The van der Waals surface area contributed by atoms with E-state index >= 15 is 0 Å². The van der Waals surface area contributed by atoms with Crippen molar-refractivity contribution in [2.45, 2.75) is 57.5 Å². The van der Waals surface area contributed by atoms with E-state index in [9.17, 15) is 4.79 Å².